The highest BCUT2D eigenvalue weighted by Crippen LogP contribution is 2.35. The zero-order chi connectivity index (χ0) is 21.2. The van der Waals surface area contributed by atoms with Crippen molar-refractivity contribution in [3.63, 3.8) is 0 Å². The molecule has 0 aromatic heterocycles. The first-order chi connectivity index (χ1) is 13.8. The lowest BCUT2D eigenvalue weighted by molar-refractivity contribution is -0.141. The molecule has 2 aromatic rings. The zero-order valence-corrected chi connectivity index (χ0v) is 16.4. The van der Waals surface area contributed by atoms with E-state index in [-0.39, 0.29) is 12.2 Å². The van der Waals surface area contributed by atoms with Crippen molar-refractivity contribution in [3.8, 4) is 0 Å². The van der Waals surface area contributed by atoms with Crippen molar-refractivity contribution < 1.29 is 28.2 Å². The van der Waals surface area contributed by atoms with E-state index in [1.54, 1.807) is 0 Å². The standard InChI is InChI=1S/C21H20ClF2NO4/c1-13(21(28,12-22)17-8-7-15(23)10-18(17)24)19(26)25-16(11-29-20(25)27)9-14-5-3-2-4-6-14/h2-8,10,13,16,28H,9,11-12H2,1H3/t13-,16-,21-/m0/s1. The molecule has 0 saturated carbocycles. The second-order valence-corrected chi connectivity index (χ2v) is 7.30. The van der Waals surface area contributed by atoms with Gasteiger partial charge in [-0.15, -0.1) is 11.6 Å². The van der Waals surface area contributed by atoms with Crippen molar-refractivity contribution in [3.05, 3.63) is 71.3 Å². The van der Waals surface area contributed by atoms with Gasteiger partial charge in [-0.25, -0.2) is 18.5 Å². The number of carbonyl (C=O) groups excluding carboxylic acids is 2. The minimum absolute atomic E-state index is 0.0103. The molecule has 154 valence electrons. The summed E-state index contributed by atoms with van der Waals surface area (Å²) in [6.45, 7) is 1.36. The molecule has 3 atom stereocenters. The number of cyclic esters (lactones) is 1. The SMILES string of the molecule is C[C@@H](C(=O)N1C(=O)OC[C@@H]1Cc1ccccc1)[C@@](O)(CCl)c1ccc(F)cc1F. The van der Waals surface area contributed by atoms with Crippen LogP contribution in [0, 0.1) is 17.6 Å². The van der Waals surface area contributed by atoms with E-state index in [1.807, 2.05) is 30.3 Å². The first kappa shape index (κ1) is 21.2. The molecule has 0 radical (unpaired) electrons. The van der Waals surface area contributed by atoms with Crippen LogP contribution in [-0.2, 0) is 21.6 Å². The van der Waals surface area contributed by atoms with E-state index >= 15 is 0 Å². The fraction of sp³-hybridized carbons (Fsp3) is 0.333. The molecule has 1 heterocycles. The van der Waals surface area contributed by atoms with Crippen LogP contribution in [0.2, 0.25) is 0 Å². The molecule has 29 heavy (non-hydrogen) atoms. The van der Waals surface area contributed by atoms with Crippen LogP contribution in [0.5, 0.6) is 0 Å². The summed E-state index contributed by atoms with van der Waals surface area (Å²) in [6, 6.07) is 11.3. The van der Waals surface area contributed by atoms with Gasteiger partial charge in [0.25, 0.3) is 0 Å². The van der Waals surface area contributed by atoms with E-state index in [1.165, 1.54) is 6.92 Å². The summed E-state index contributed by atoms with van der Waals surface area (Å²) >= 11 is 5.91. The van der Waals surface area contributed by atoms with Gasteiger partial charge in [-0.3, -0.25) is 4.79 Å². The van der Waals surface area contributed by atoms with Gasteiger partial charge in [0.05, 0.1) is 17.8 Å². The van der Waals surface area contributed by atoms with Crippen molar-refractivity contribution >= 4 is 23.6 Å². The highest BCUT2D eigenvalue weighted by atomic mass is 35.5. The number of carbonyl (C=O) groups is 2. The lowest BCUT2D eigenvalue weighted by Gasteiger charge is -2.34. The molecular formula is C21H20ClF2NO4. The Hall–Kier alpha value is -2.51. The number of aliphatic hydroxyl groups is 1. The molecule has 1 saturated heterocycles. The maximum absolute atomic E-state index is 14.3. The highest BCUT2D eigenvalue weighted by molar-refractivity contribution is 6.18. The molecule has 0 bridgehead atoms. The third kappa shape index (κ3) is 4.11. The van der Waals surface area contributed by atoms with Gasteiger partial charge in [0, 0.05) is 11.6 Å². The predicted octanol–water partition coefficient (Wildman–Crippen LogP) is 3.62. The van der Waals surface area contributed by atoms with E-state index in [2.05, 4.69) is 0 Å². The lowest BCUT2D eigenvalue weighted by atomic mass is 9.82. The molecule has 5 nitrogen and oxygen atoms in total. The lowest BCUT2D eigenvalue weighted by Crippen LogP contribution is -2.50. The first-order valence-electron chi connectivity index (χ1n) is 9.05. The van der Waals surface area contributed by atoms with E-state index in [9.17, 15) is 23.5 Å². The molecule has 0 unspecified atom stereocenters. The van der Waals surface area contributed by atoms with Gasteiger partial charge in [-0.05, 0) is 18.1 Å². The number of alkyl halides is 1. The van der Waals surface area contributed by atoms with Crippen molar-refractivity contribution in [2.75, 3.05) is 12.5 Å². The Morgan fingerprint density at radius 1 is 1.31 bits per heavy atom. The highest BCUT2D eigenvalue weighted by Gasteiger charge is 2.47. The predicted molar refractivity (Wildman–Crippen MR) is 102 cm³/mol. The smallest absolute Gasteiger partial charge is 0.416 e. The van der Waals surface area contributed by atoms with Gasteiger partial charge in [0.1, 0.15) is 23.8 Å². The molecule has 0 spiro atoms. The van der Waals surface area contributed by atoms with Gasteiger partial charge in [-0.2, -0.15) is 0 Å². The molecule has 3 rings (SSSR count). The minimum Gasteiger partial charge on any atom is -0.447 e. The monoisotopic (exact) mass is 423 g/mol. The third-order valence-corrected chi connectivity index (χ3v) is 5.61. The topological polar surface area (TPSA) is 66.8 Å². The third-order valence-electron chi connectivity index (χ3n) is 5.20. The van der Waals surface area contributed by atoms with Crippen LogP contribution < -0.4 is 0 Å². The number of ether oxygens (including phenoxy) is 1. The Balaban J connectivity index is 1.88. The van der Waals surface area contributed by atoms with Gasteiger partial charge in [0.15, 0.2) is 0 Å². The van der Waals surface area contributed by atoms with Crippen LogP contribution in [0.3, 0.4) is 0 Å². The number of hydrogen-bond donors (Lipinski definition) is 1. The molecule has 0 aliphatic carbocycles. The van der Waals surface area contributed by atoms with Gasteiger partial charge < -0.3 is 9.84 Å². The van der Waals surface area contributed by atoms with Crippen LogP contribution in [0.15, 0.2) is 48.5 Å². The fourth-order valence-corrected chi connectivity index (χ4v) is 3.82. The van der Waals surface area contributed by atoms with Gasteiger partial charge in [0.2, 0.25) is 5.91 Å². The second kappa shape index (κ2) is 8.47. The van der Waals surface area contributed by atoms with E-state index in [4.69, 9.17) is 16.3 Å². The quantitative estimate of drug-likeness (QED) is 0.721. The molecule has 2 aromatic carbocycles. The van der Waals surface area contributed by atoms with Gasteiger partial charge >= 0.3 is 6.09 Å². The largest absolute Gasteiger partial charge is 0.447 e. The number of amides is 2. The van der Waals surface area contributed by atoms with E-state index in [0.717, 1.165) is 22.6 Å². The maximum Gasteiger partial charge on any atom is 0.416 e. The summed E-state index contributed by atoms with van der Waals surface area (Å²) in [4.78, 5) is 26.3. The van der Waals surface area contributed by atoms with Crippen molar-refractivity contribution in [2.45, 2.75) is 25.0 Å². The maximum atomic E-state index is 14.3. The van der Waals surface area contributed by atoms with E-state index < -0.39 is 47.1 Å². The van der Waals surface area contributed by atoms with Crippen molar-refractivity contribution in [1.82, 2.24) is 4.90 Å². The fourth-order valence-electron chi connectivity index (χ4n) is 3.44. The Morgan fingerprint density at radius 2 is 2.00 bits per heavy atom. The Labute approximate surface area is 171 Å². The van der Waals surface area contributed by atoms with Crippen LogP contribution in [0.4, 0.5) is 13.6 Å². The summed E-state index contributed by atoms with van der Waals surface area (Å²) in [5, 5.41) is 11.0. The van der Waals surface area contributed by atoms with Crippen LogP contribution in [-0.4, -0.2) is 40.5 Å². The molecule has 1 fully saturated rings. The van der Waals surface area contributed by atoms with Crippen LogP contribution >= 0.6 is 11.6 Å². The van der Waals surface area contributed by atoms with E-state index in [0.29, 0.717) is 12.5 Å². The molecule has 1 aliphatic heterocycles. The Kier molecular flexibility index (Phi) is 6.19. The zero-order valence-electron chi connectivity index (χ0n) is 15.6. The number of rotatable bonds is 6. The Bertz CT molecular complexity index is 911. The molecular weight excluding hydrogens is 404 g/mol. The van der Waals surface area contributed by atoms with Crippen molar-refractivity contribution in [1.29, 1.82) is 0 Å². The van der Waals surface area contributed by atoms with Gasteiger partial charge in [-0.1, -0.05) is 43.3 Å². The summed E-state index contributed by atoms with van der Waals surface area (Å²) in [6.07, 6.45) is -0.464. The normalized spacial score (nSPS) is 19.6. The molecule has 2 amide bonds. The average Bonchev–Trinajstić information content (AvgIpc) is 3.07. The number of halogens is 3. The van der Waals surface area contributed by atoms with Crippen molar-refractivity contribution in [2.24, 2.45) is 5.92 Å². The summed E-state index contributed by atoms with van der Waals surface area (Å²) in [5.41, 5.74) is -1.56. The summed E-state index contributed by atoms with van der Waals surface area (Å²) in [5.74, 6) is -4.43. The average molecular weight is 424 g/mol. The second-order valence-electron chi connectivity index (χ2n) is 7.03. The number of imide groups is 1. The molecule has 8 heteroatoms. The first-order valence-corrected chi connectivity index (χ1v) is 9.59. The summed E-state index contributed by atoms with van der Waals surface area (Å²) < 4.78 is 32.6. The number of benzene rings is 2. The summed E-state index contributed by atoms with van der Waals surface area (Å²) in [7, 11) is 0. The van der Waals surface area contributed by atoms with Crippen LogP contribution in [0.1, 0.15) is 18.1 Å². The number of nitrogens with zero attached hydrogens (tertiary/aromatic N) is 1. The Morgan fingerprint density at radius 3 is 2.62 bits per heavy atom. The molecule has 1 aliphatic rings. The minimum atomic E-state index is -2.14. The van der Waals surface area contributed by atoms with Crippen LogP contribution in [0.25, 0.3) is 0 Å². The number of hydrogen-bond acceptors (Lipinski definition) is 4. The molecule has 1 N–H and O–H groups in total.